The second kappa shape index (κ2) is 7.65. The number of carboxylic acid groups (broad SMARTS) is 1. The number of ether oxygens (including phenoxy) is 3. The lowest BCUT2D eigenvalue weighted by atomic mass is 10.0. The minimum atomic E-state index is -1.50. The van der Waals surface area contributed by atoms with Gasteiger partial charge in [0, 0.05) is 7.11 Å². The number of nitrogens with one attached hydrogen (secondary N) is 1. The van der Waals surface area contributed by atoms with Crippen molar-refractivity contribution in [3.8, 4) is 11.5 Å². The third-order valence-corrected chi connectivity index (χ3v) is 3.06. The maximum Gasteiger partial charge on any atom is 0.331 e. The minimum Gasteiger partial charge on any atom is -0.496 e. The summed E-state index contributed by atoms with van der Waals surface area (Å²) in [7, 11) is 2.93. The van der Waals surface area contributed by atoms with Crippen molar-refractivity contribution in [1.29, 1.82) is 0 Å². The van der Waals surface area contributed by atoms with Gasteiger partial charge in [-0.05, 0) is 37.6 Å². The summed E-state index contributed by atoms with van der Waals surface area (Å²) in [5.41, 5.74) is -0.624. The maximum absolute atomic E-state index is 11.8. The normalized spacial score (nSPS) is 13.1. The summed E-state index contributed by atoms with van der Waals surface area (Å²) in [6.45, 7) is 2.79. The number of hydrogen-bond acceptors (Lipinski definition) is 5. The van der Waals surface area contributed by atoms with Crippen LogP contribution in [0.5, 0.6) is 11.5 Å². The number of rotatable bonds is 8. The monoisotopic (exact) mass is 311 g/mol. The zero-order valence-electron chi connectivity index (χ0n) is 13.1. The Hall–Kier alpha value is -2.28. The van der Waals surface area contributed by atoms with Crippen LogP contribution < -0.4 is 14.8 Å². The van der Waals surface area contributed by atoms with E-state index in [-0.39, 0.29) is 13.2 Å². The molecule has 2 N–H and O–H groups in total. The lowest BCUT2D eigenvalue weighted by molar-refractivity contribution is -0.149. The van der Waals surface area contributed by atoms with Gasteiger partial charge in [-0.15, -0.1) is 0 Å². The standard InChI is InChI=1S/C15H21NO6/c1-10-7-11(5-6-12(10)21-4)22-8-13(17)16-15(2,9-20-3)14(18)19/h5-7H,8-9H2,1-4H3,(H,16,17)(H,18,19). The zero-order chi connectivity index (χ0) is 16.8. The highest BCUT2D eigenvalue weighted by atomic mass is 16.5. The van der Waals surface area contributed by atoms with E-state index >= 15 is 0 Å². The molecule has 1 amide bonds. The van der Waals surface area contributed by atoms with Gasteiger partial charge in [-0.2, -0.15) is 0 Å². The molecule has 1 rings (SSSR count). The van der Waals surface area contributed by atoms with Crippen molar-refractivity contribution in [2.45, 2.75) is 19.4 Å². The number of benzene rings is 1. The maximum atomic E-state index is 11.8. The van der Waals surface area contributed by atoms with Crippen molar-refractivity contribution in [3.05, 3.63) is 23.8 Å². The lowest BCUT2D eigenvalue weighted by Gasteiger charge is -2.25. The van der Waals surface area contributed by atoms with E-state index in [9.17, 15) is 9.59 Å². The summed E-state index contributed by atoms with van der Waals surface area (Å²) >= 11 is 0. The quantitative estimate of drug-likeness (QED) is 0.743. The third-order valence-electron chi connectivity index (χ3n) is 3.06. The van der Waals surface area contributed by atoms with Crippen LogP contribution in [0.1, 0.15) is 12.5 Å². The van der Waals surface area contributed by atoms with E-state index in [2.05, 4.69) is 5.32 Å². The fraction of sp³-hybridized carbons (Fsp3) is 0.467. The summed E-state index contributed by atoms with van der Waals surface area (Å²) in [4.78, 5) is 23.0. The molecular formula is C15H21NO6. The second-order valence-corrected chi connectivity index (χ2v) is 5.04. The van der Waals surface area contributed by atoms with Gasteiger partial charge in [0.1, 0.15) is 11.5 Å². The lowest BCUT2D eigenvalue weighted by Crippen LogP contribution is -2.56. The molecule has 0 bridgehead atoms. The summed E-state index contributed by atoms with van der Waals surface area (Å²) < 4.78 is 15.3. The molecule has 22 heavy (non-hydrogen) atoms. The Morgan fingerprint density at radius 1 is 1.32 bits per heavy atom. The molecule has 0 heterocycles. The first-order valence-corrected chi connectivity index (χ1v) is 6.63. The molecule has 0 fully saturated rings. The van der Waals surface area contributed by atoms with E-state index in [4.69, 9.17) is 19.3 Å². The number of aryl methyl sites for hydroxylation is 1. The fourth-order valence-electron chi connectivity index (χ4n) is 1.87. The first-order valence-electron chi connectivity index (χ1n) is 6.63. The average molecular weight is 311 g/mol. The summed E-state index contributed by atoms with van der Waals surface area (Å²) in [6.07, 6.45) is 0. The van der Waals surface area contributed by atoms with Crippen molar-refractivity contribution in [1.82, 2.24) is 5.32 Å². The number of hydrogen-bond donors (Lipinski definition) is 2. The van der Waals surface area contributed by atoms with Gasteiger partial charge >= 0.3 is 5.97 Å². The van der Waals surface area contributed by atoms with Crippen molar-refractivity contribution in [2.75, 3.05) is 27.4 Å². The van der Waals surface area contributed by atoms with Gasteiger partial charge in [0.15, 0.2) is 12.1 Å². The van der Waals surface area contributed by atoms with Crippen LogP contribution in [0.2, 0.25) is 0 Å². The highest BCUT2D eigenvalue weighted by molar-refractivity contribution is 5.87. The molecule has 7 nitrogen and oxygen atoms in total. The Bertz CT molecular complexity index is 545. The van der Waals surface area contributed by atoms with Crippen LogP contribution in [0.25, 0.3) is 0 Å². The predicted molar refractivity (Wildman–Crippen MR) is 79.3 cm³/mol. The van der Waals surface area contributed by atoms with Crippen LogP contribution in [0.15, 0.2) is 18.2 Å². The zero-order valence-corrected chi connectivity index (χ0v) is 13.1. The molecule has 1 unspecified atom stereocenters. The van der Waals surface area contributed by atoms with Crippen molar-refractivity contribution < 1.29 is 28.9 Å². The van der Waals surface area contributed by atoms with Crippen LogP contribution in [-0.2, 0) is 14.3 Å². The molecule has 0 aliphatic carbocycles. The Morgan fingerprint density at radius 3 is 2.50 bits per heavy atom. The molecule has 1 aromatic carbocycles. The van der Waals surface area contributed by atoms with E-state index in [1.54, 1.807) is 25.3 Å². The summed E-state index contributed by atoms with van der Waals surface area (Å²) in [5.74, 6) is -0.508. The molecule has 0 radical (unpaired) electrons. The Morgan fingerprint density at radius 2 is 2.00 bits per heavy atom. The molecule has 7 heteroatoms. The number of methoxy groups -OCH3 is 2. The number of carboxylic acids is 1. The first-order chi connectivity index (χ1) is 10.3. The van der Waals surface area contributed by atoms with Crippen molar-refractivity contribution in [2.24, 2.45) is 0 Å². The van der Waals surface area contributed by atoms with Crippen LogP contribution in [0, 0.1) is 6.92 Å². The van der Waals surface area contributed by atoms with E-state index in [0.717, 1.165) is 11.3 Å². The highest BCUT2D eigenvalue weighted by Gasteiger charge is 2.35. The SMILES string of the molecule is COCC(C)(NC(=O)COc1ccc(OC)c(C)c1)C(=O)O. The fourth-order valence-corrected chi connectivity index (χ4v) is 1.87. The van der Waals surface area contributed by atoms with E-state index in [1.807, 2.05) is 6.92 Å². The molecule has 0 saturated carbocycles. The van der Waals surface area contributed by atoms with Crippen molar-refractivity contribution >= 4 is 11.9 Å². The molecular weight excluding hydrogens is 290 g/mol. The molecule has 1 aromatic rings. The molecule has 0 aromatic heterocycles. The van der Waals surface area contributed by atoms with Gasteiger partial charge in [-0.3, -0.25) is 4.79 Å². The topological polar surface area (TPSA) is 94.1 Å². The molecule has 0 aliphatic rings. The molecule has 0 aliphatic heterocycles. The van der Waals surface area contributed by atoms with Gasteiger partial charge in [0.2, 0.25) is 0 Å². The van der Waals surface area contributed by atoms with Crippen molar-refractivity contribution in [3.63, 3.8) is 0 Å². The average Bonchev–Trinajstić information content (AvgIpc) is 2.45. The van der Waals surface area contributed by atoms with E-state index in [1.165, 1.54) is 14.0 Å². The van der Waals surface area contributed by atoms with Gasteiger partial charge in [-0.1, -0.05) is 0 Å². The van der Waals surface area contributed by atoms with Gasteiger partial charge in [0.25, 0.3) is 5.91 Å². The first kappa shape index (κ1) is 17.8. The molecule has 0 spiro atoms. The number of amides is 1. The Labute approximate surface area is 129 Å². The van der Waals surface area contributed by atoms with Crippen LogP contribution in [-0.4, -0.2) is 50.0 Å². The number of carbonyl (C=O) groups excluding carboxylic acids is 1. The minimum absolute atomic E-state index is 0.143. The molecule has 122 valence electrons. The number of carbonyl (C=O) groups is 2. The smallest absolute Gasteiger partial charge is 0.331 e. The Kier molecular flexibility index (Phi) is 6.18. The third kappa shape index (κ3) is 4.63. The van der Waals surface area contributed by atoms with Gasteiger partial charge in [-0.25, -0.2) is 4.79 Å². The number of aliphatic carboxylic acids is 1. The van der Waals surface area contributed by atoms with Crippen LogP contribution in [0.4, 0.5) is 0 Å². The predicted octanol–water partition coefficient (Wildman–Crippen LogP) is 0.988. The van der Waals surface area contributed by atoms with E-state index < -0.39 is 17.4 Å². The van der Waals surface area contributed by atoms with Crippen LogP contribution in [0.3, 0.4) is 0 Å². The molecule has 1 atom stereocenters. The van der Waals surface area contributed by atoms with Gasteiger partial charge in [0.05, 0.1) is 13.7 Å². The highest BCUT2D eigenvalue weighted by Crippen LogP contribution is 2.22. The van der Waals surface area contributed by atoms with Gasteiger partial charge < -0.3 is 24.6 Å². The Balaban J connectivity index is 2.62. The molecule has 0 saturated heterocycles. The summed E-state index contributed by atoms with van der Waals surface area (Å²) in [6, 6.07) is 5.14. The second-order valence-electron chi connectivity index (χ2n) is 5.04. The van der Waals surface area contributed by atoms with E-state index in [0.29, 0.717) is 5.75 Å². The largest absolute Gasteiger partial charge is 0.496 e. The summed E-state index contributed by atoms with van der Waals surface area (Å²) in [5, 5.41) is 11.5. The van der Waals surface area contributed by atoms with Crippen LogP contribution >= 0.6 is 0 Å².